The maximum Gasteiger partial charge on any atom is 0.223 e. The molecule has 0 heterocycles. The van der Waals surface area contributed by atoms with Crippen LogP contribution in [0.15, 0.2) is 48.5 Å². The summed E-state index contributed by atoms with van der Waals surface area (Å²) in [6.45, 7) is 4.17. The van der Waals surface area contributed by atoms with Crippen LogP contribution in [0, 0.1) is 5.82 Å². The van der Waals surface area contributed by atoms with E-state index in [2.05, 4.69) is 5.32 Å². The molecule has 5 heteroatoms. The van der Waals surface area contributed by atoms with Gasteiger partial charge in [-0.3, -0.25) is 4.79 Å². The van der Waals surface area contributed by atoms with E-state index in [0.29, 0.717) is 12.1 Å². The van der Waals surface area contributed by atoms with Crippen LogP contribution < -0.4 is 10.1 Å². The fraction of sp³-hybridized carbons (Fsp3) is 0.316. The van der Waals surface area contributed by atoms with Gasteiger partial charge in [0, 0.05) is 12.1 Å². The third-order valence-electron chi connectivity index (χ3n) is 3.42. The second kappa shape index (κ2) is 8.45. The lowest BCUT2D eigenvalue weighted by Gasteiger charge is -2.15. The summed E-state index contributed by atoms with van der Waals surface area (Å²) in [5.74, 6) is -0.0312. The summed E-state index contributed by atoms with van der Waals surface area (Å²) in [7, 11) is 0. The van der Waals surface area contributed by atoms with Gasteiger partial charge in [-0.05, 0) is 37.6 Å². The largest absolute Gasteiger partial charge is 0.491 e. The summed E-state index contributed by atoms with van der Waals surface area (Å²) in [4.78, 5) is 12.0. The van der Waals surface area contributed by atoms with Crippen LogP contribution in [0.1, 0.15) is 37.5 Å². The molecule has 2 aromatic rings. The van der Waals surface area contributed by atoms with Gasteiger partial charge in [-0.1, -0.05) is 30.3 Å². The average molecular weight is 331 g/mol. The molecule has 2 rings (SSSR count). The second-order valence-corrected chi connectivity index (χ2v) is 5.83. The standard InChI is InChI=1S/C19H22FNO3/c1-13(2)24-18-9-4-3-6-15(18)12-21-19(23)11-17(22)14-7-5-8-16(20)10-14/h3-10,13,17,22H,11-12H2,1-2H3,(H,21,23). The van der Waals surface area contributed by atoms with Gasteiger partial charge >= 0.3 is 0 Å². The molecule has 2 N–H and O–H groups in total. The van der Waals surface area contributed by atoms with E-state index in [0.717, 1.165) is 11.3 Å². The Labute approximate surface area is 141 Å². The van der Waals surface area contributed by atoms with Crippen LogP contribution in [0.3, 0.4) is 0 Å². The normalized spacial score (nSPS) is 12.0. The third-order valence-corrected chi connectivity index (χ3v) is 3.42. The number of carbonyl (C=O) groups excluding carboxylic acids is 1. The van der Waals surface area contributed by atoms with Crippen molar-refractivity contribution in [3.63, 3.8) is 0 Å². The fourth-order valence-corrected chi connectivity index (χ4v) is 2.29. The first-order valence-electron chi connectivity index (χ1n) is 7.90. The number of aliphatic hydroxyl groups excluding tert-OH is 1. The van der Waals surface area contributed by atoms with E-state index in [-0.39, 0.29) is 18.4 Å². The van der Waals surface area contributed by atoms with Crippen molar-refractivity contribution in [3.05, 3.63) is 65.5 Å². The smallest absolute Gasteiger partial charge is 0.223 e. The number of aliphatic hydroxyl groups is 1. The summed E-state index contributed by atoms with van der Waals surface area (Å²) in [6, 6.07) is 13.1. The molecule has 2 aromatic carbocycles. The number of nitrogens with one attached hydrogen (secondary N) is 1. The lowest BCUT2D eigenvalue weighted by atomic mass is 10.1. The zero-order valence-corrected chi connectivity index (χ0v) is 13.8. The summed E-state index contributed by atoms with van der Waals surface area (Å²) in [5, 5.41) is 12.8. The first-order chi connectivity index (χ1) is 11.5. The molecule has 0 fully saturated rings. The summed E-state index contributed by atoms with van der Waals surface area (Å²) < 4.78 is 18.9. The quantitative estimate of drug-likeness (QED) is 0.818. The lowest BCUT2D eigenvalue weighted by molar-refractivity contribution is -0.123. The van der Waals surface area contributed by atoms with Crippen molar-refractivity contribution in [3.8, 4) is 5.75 Å². The Hall–Kier alpha value is -2.40. The average Bonchev–Trinajstić information content (AvgIpc) is 2.53. The molecular weight excluding hydrogens is 309 g/mol. The molecule has 0 radical (unpaired) electrons. The van der Waals surface area contributed by atoms with E-state index >= 15 is 0 Å². The Bertz CT molecular complexity index is 688. The van der Waals surface area contributed by atoms with Gasteiger partial charge in [0.05, 0.1) is 18.6 Å². The van der Waals surface area contributed by atoms with Gasteiger partial charge in [0.15, 0.2) is 0 Å². The zero-order valence-electron chi connectivity index (χ0n) is 13.8. The van der Waals surface area contributed by atoms with Crippen molar-refractivity contribution in [1.29, 1.82) is 0 Å². The second-order valence-electron chi connectivity index (χ2n) is 5.83. The van der Waals surface area contributed by atoms with Gasteiger partial charge < -0.3 is 15.2 Å². The molecule has 0 aromatic heterocycles. The van der Waals surface area contributed by atoms with Crippen LogP contribution in [-0.2, 0) is 11.3 Å². The molecule has 0 saturated carbocycles. The van der Waals surface area contributed by atoms with Crippen LogP contribution in [0.4, 0.5) is 4.39 Å². The molecule has 128 valence electrons. The van der Waals surface area contributed by atoms with Crippen LogP contribution >= 0.6 is 0 Å². The highest BCUT2D eigenvalue weighted by atomic mass is 19.1. The number of para-hydroxylation sites is 1. The van der Waals surface area contributed by atoms with E-state index in [9.17, 15) is 14.3 Å². The number of amides is 1. The van der Waals surface area contributed by atoms with Crippen LogP contribution in [-0.4, -0.2) is 17.1 Å². The summed E-state index contributed by atoms with van der Waals surface area (Å²) in [5.41, 5.74) is 1.24. The van der Waals surface area contributed by atoms with E-state index < -0.39 is 11.9 Å². The van der Waals surface area contributed by atoms with Crippen molar-refractivity contribution < 1.29 is 19.0 Å². The highest BCUT2D eigenvalue weighted by Crippen LogP contribution is 2.20. The van der Waals surface area contributed by atoms with Crippen molar-refractivity contribution in [2.45, 2.75) is 39.0 Å². The summed E-state index contributed by atoms with van der Waals surface area (Å²) in [6.07, 6.45) is -1.13. The molecule has 1 atom stereocenters. The van der Waals surface area contributed by atoms with Crippen molar-refractivity contribution in [2.24, 2.45) is 0 Å². The number of rotatable bonds is 7. The number of benzene rings is 2. The van der Waals surface area contributed by atoms with Gasteiger partial charge in [0.2, 0.25) is 5.91 Å². The minimum Gasteiger partial charge on any atom is -0.491 e. The molecule has 24 heavy (non-hydrogen) atoms. The monoisotopic (exact) mass is 331 g/mol. The molecule has 0 saturated heterocycles. The van der Waals surface area contributed by atoms with Crippen molar-refractivity contribution in [1.82, 2.24) is 5.32 Å². The number of hydrogen-bond acceptors (Lipinski definition) is 3. The Morgan fingerprint density at radius 2 is 1.96 bits per heavy atom. The van der Waals surface area contributed by atoms with E-state index in [4.69, 9.17) is 4.74 Å². The van der Waals surface area contributed by atoms with E-state index in [1.807, 2.05) is 38.1 Å². The third kappa shape index (κ3) is 5.35. The molecule has 1 amide bonds. The predicted molar refractivity (Wildman–Crippen MR) is 90.0 cm³/mol. The fourth-order valence-electron chi connectivity index (χ4n) is 2.29. The predicted octanol–water partition coefficient (Wildman–Crippen LogP) is 3.35. The molecule has 0 bridgehead atoms. The minimum atomic E-state index is -1.04. The first-order valence-corrected chi connectivity index (χ1v) is 7.90. The Morgan fingerprint density at radius 3 is 2.67 bits per heavy atom. The number of ether oxygens (including phenoxy) is 1. The molecule has 0 aliphatic heterocycles. The van der Waals surface area contributed by atoms with Crippen molar-refractivity contribution >= 4 is 5.91 Å². The Morgan fingerprint density at radius 1 is 1.21 bits per heavy atom. The highest BCUT2D eigenvalue weighted by Gasteiger charge is 2.14. The number of carbonyl (C=O) groups is 1. The maximum atomic E-state index is 13.2. The van der Waals surface area contributed by atoms with Crippen molar-refractivity contribution in [2.75, 3.05) is 0 Å². The van der Waals surface area contributed by atoms with Crippen LogP contribution in [0.25, 0.3) is 0 Å². The molecule has 1 unspecified atom stereocenters. The van der Waals surface area contributed by atoms with Gasteiger partial charge in [-0.2, -0.15) is 0 Å². The van der Waals surface area contributed by atoms with E-state index in [1.54, 1.807) is 6.07 Å². The zero-order chi connectivity index (χ0) is 17.5. The number of hydrogen-bond donors (Lipinski definition) is 2. The SMILES string of the molecule is CC(C)Oc1ccccc1CNC(=O)CC(O)c1cccc(F)c1. The molecule has 0 spiro atoms. The van der Waals surface area contributed by atoms with Gasteiger partial charge in [-0.25, -0.2) is 4.39 Å². The minimum absolute atomic E-state index is 0.0386. The van der Waals surface area contributed by atoms with E-state index in [1.165, 1.54) is 18.2 Å². The summed E-state index contributed by atoms with van der Waals surface area (Å²) >= 11 is 0. The maximum absolute atomic E-state index is 13.2. The van der Waals surface area contributed by atoms with Crippen LogP contribution in [0.5, 0.6) is 5.75 Å². The van der Waals surface area contributed by atoms with Crippen LogP contribution in [0.2, 0.25) is 0 Å². The Balaban J connectivity index is 1.92. The van der Waals surface area contributed by atoms with Gasteiger partial charge in [-0.15, -0.1) is 0 Å². The number of halogens is 1. The highest BCUT2D eigenvalue weighted by molar-refractivity contribution is 5.76. The lowest BCUT2D eigenvalue weighted by Crippen LogP contribution is -2.25. The topological polar surface area (TPSA) is 58.6 Å². The molecule has 4 nitrogen and oxygen atoms in total. The van der Waals surface area contributed by atoms with Gasteiger partial charge in [0.25, 0.3) is 0 Å². The molecule has 0 aliphatic carbocycles. The Kier molecular flexibility index (Phi) is 6.32. The molecule has 0 aliphatic rings. The molecular formula is C19H22FNO3. The van der Waals surface area contributed by atoms with Gasteiger partial charge in [0.1, 0.15) is 11.6 Å². The first kappa shape index (κ1) is 17.9.